The molecule has 0 spiro atoms. The van der Waals surface area contributed by atoms with Crippen molar-refractivity contribution in [3.63, 3.8) is 0 Å². The number of hydrogen-bond acceptors (Lipinski definition) is 5. The minimum atomic E-state index is -4.91. The molecule has 3 rings (SSSR count). The fourth-order valence-electron chi connectivity index (χ4n) is 2.94. The van der Waals surface area contributed by atoms with Gasteiger partial charge in [-0.3, -0.25) is 0 Å². The number of thiazole rings is 1. The molecule has 0 bridgehead atoms. The van der Waals surface area contributed by atoms with Crippen LogP contribution in [0.3, 0.4) is 0 Å². The van der Waals surface area contributed by atoms with Gasteiger partial charge in [0.1, 0.15) is 5.01 Å². The van der Waals surface area contributed by atoms with Gasteiger partial charge in [0.25, 0.3) is 0 Å². The number of hydrogen-bond donors (Lipinski definition) is 1. The van der Waals surface area contributed by atoms with Crippen molar-refractivity contribution in [1.29, 1.82) is 5.26 Å². The van der Waals surface area contributed by atoms with Crippen LogP contribution in [0, 0.1) is 11.3 Å². The Hall–Kier alpha value is -2.11. The number of likely N-dealkylation sites (tertiary alicyclic amines) is 1. The number of halogens is 3. The summed E-state index contributed by atoms with van der Waals surface area (Å²) in [7, 11) is 0. The number of fused-ring (bicyclic) bond motifs is 1. The second-order valence-electron chi connectivity index (χ2n) is 5.98. The van der Waals surface area contributed by atoms with Crippen LogP contribution in [-0.4, -0.2) is 34.3 Å². The molecule has 1 fully saturated rings. The molecule has 1 atom stereocenters. The van der Waals surface area contributed by atoms with Crippen LogP contribution < -0.4 is 0 Å². The summed E-state index contributed by atoms with van der Waals surface area (Å²) < 4.78 is 42.0. The Labute approximate surface area is 146 Å². The zero-order valence-electron chi connectivity index (χ0n) is 13.3. The topological polar surface area (TPSA) is 60.1 Å². The van der Waals surface area contributed by atoms with Crippen LogP contribution in [0.1, 0.15) is 24.3 Å². The van der Waals surface area contributed by atoms with Crippen molar-refractivity contribution in [2.45, 2.75) is 31.0 Å². The van der Waals surface area contributed by atoms with Crippen LogP contribution in [0.4, 0.5) is 13.2 Å². The maximum absolute atomic E-state index is 13.8. The second kappa shape index (κ2) is 6.65. The summed E-state index contributed by atoms with van der Waals surface area (Å²) in [6.07, 6.45) is -2.82. The minimum Gasteiger partial charge on any atom is -0.374 e. The van der Waals surface area contributed by atoms with Crippen molar-refractivity contribution >= 4 is 21.6 Å². The zero-order valence-corrected chi connectivity index (χ0v) is 14.1. The van der Waals surface area contributed by atoms with Crippen molar-refractivity contribution in [2.24, 2.45) is 0 Å². The molecule has 1 aromatic heterocycles. The first-order chi connectivity index (χ1) is 11.8. The summed E-state index contributed by atoms with van der Waals surface area (Å²) in [5.41, 5.74) is -2.52. The van der Waals surface area contributed by atoms with Gasteiger partial charge in [-0.2, -0.15) is 18.4 Å². The molecule has 2 heterocycles. The molecule has 1 saturated heterocycles. The van der Waals surface area contributed by atoms with Gasteiger partial charge in [-0.25, -0.2) is 4.98 Å². The number of benzene rings is 1. The number of rotatable bonds is 4. The Morgan fingerprint density at radius 2 is 2.00 bits per heavy atom. The molecule has 1 aliphatic heterocycles. The van der Waals surface area contributed by atoms with E-state index in [9.17, 15) is 18.3 Å². The molecule has 0 aliphatic carbocycles. The monoisotopic (exact) mass is 367 g/mol. The van der Waals surface area contributed by atoms with Crippen molar-refractivity contribution < 1.29 is 18.3 Å². The largest absolute Gasteiger partial charge is 0.424 e. The van der Waals surface area contributed by atoms with E-state index in [1.54, 1.807) is 35.2 Å². The standard InChI is InChI=1S/C17H16F3N3OS/c18-17(19,20)16(24,11-12(7-8-21)23-9-3-4-10-23)15-22-13-5-1-2-6-14(13)25-15/h1-2,5-7,24H,3-4,9-11H2/b12-7-/t16-/m0/s1. The predicted octanol–water partition coefficient (Wildman–Crippen LogP) is 3.94. The SMILES string of the molecule is N#C/C=C(/C[C@](O)(c1nc2ccccc2s1)C(F)(F)F)N1CCCC1. The van der Waals surface area contributed by atoms with E-state index in [-0.39, 0.29) is 5.70 Å². The molecule has 25 heavy (non-hydrogen) atoms. The van der Waals surface area contributed by atoms with Crippen molar-refractivity contribution in [3.05, 3.63) is 41.0 Å². The number of allylic oxidation sites excluding steroid dienone is 1. The van der Waals surface area contributed by atoms with Gasteiger partial charge >= 0.3 is 6.18 Å². The van der Waals surface area contributed by atoms with Crippen LogP contribution in [0.15, 0.2) is 36.0 Å². The number of aromatic nitrogens is 1. The van der Waals surface area contributed by atoms with Crippen molar-refractivity contribution in [3.8, 4) is 6.07 Å². The maximum Gasteiger partial charge on any atom is 0.424 e. The number of nitrogens with zero attached hydrogens (tertiary/aromatic N) is 3. The first kappa shape index (κ1) is 17.7. The van der Waals surface area contributed by atoms with Gasteiger partial charge in [-0.15, -0.1) is 11.3 Å². The summed E-state index contributed by atoms with van der Waals surface area (Å²) >= 11 is 0.824. The number of para-hydroxylation sites is 1. The highest BCUT2D eigenvalue weighted by atomic mass is 32.1. The maximum atomic E-state index is 13.8. The molecule has 1 aliphatic rings. The molecule has 2 aromatic rings. The summed E-state index contributed by atoms with van der Waals surface area (Å²) in [4.78, 5) is 5.74. The van der Waals surface area contributed by atoms with Crippen LogP contribution in [0.25, 0.3) is 10.2 Å². The molecule has 132 valence electrons. The normalized spacial score (nSPS) is 18.4. The molecule has 0 unspecified atom stereocenters. The second-order valence-corrected chi connectivity index (χ2v) is 7.01. The summed E-state index contributed by atoms with van der Waals surface area (Å²) in [6, 6.07) is 8.47. The van der Waals surface area contributed by atoms with Gasteiger partial charge in [0.2, 0.25) is 5.60 Å². The highest BCUT2D eigenvalue weighted by molar-refractivity contribution is 7.18. The lowest BCUT2D eigenvalue weighted by molar-refractivity contribution is -0.267. The first-order valence-corrected chi connectivity index (χ1v) is 8.65. The van der Waals surface area contributed by atoms with E-state index < -0.39 is 23.2 Å². The van der Waals surface area contributed by atoms with E-state index in [1.165, 1.54) is 0 Å². The Kier molecular flexibility index (Phi) is 4.71. The number of nitriles is 1. The quantitative estimate of drug-likeness (QED) is 0.832. The van der Waals surface area contributed by atoms with E-state index in [1.807, 2.05) is 0 Å². The smallest absolute Gasteiger partial charge is 0.374 e. The van der Waals surface area contributed by atoms with Gasteiger partial charge in [0, 0.05) is 31.3 Å². The van der Waals surface area contributed by atoms with Crippen LogP contribution in [-0.2, 0) is 5.60 Å². The van der Waals surface area contributed by atoms with E-state index in [0.717, 1.165) is 30.3 Å². The molecule has 1 N–H and O–H groups in total. The molecular formula is C17H16F3N3OS. The van der Waals surface area contributed by atoms with Gasteiger partial charge in [-0.05, 0) is 25.0 Å². The van der Waals surface area contributed by atoms with Crippen molar-refractivity contribution in [1.82, 2.24) is 9.88 Å². The fraction of sp³-hybridized carbons (Fsp3) is 0.412. The Morgan fingerprint density at radius 3 is 2.60 bits per heavy atom. The Morgan fingerprint density at radius 1 is 1.32 bits per heavy atom. The third-order valence-corrected chi connectivity index (χ3v) is 5.48. The number of alkyl halides is 3. The third-order valence-electron chi connectivity index (χ3n) is 4.30. The summed E-state index contributed by atoms with van der Waals surface area (Å²) in [6.45, 7) is 1.17. The lowest BCUT2D eigenvalue weighted by Crippen LogP contribution is -2.44. The average Bonchev–Trinajstić information content (AvgIpc) is 3.22. The van der Waals surface area contributed by atoms with Gasteiger partial charge in [0.15, 0.2) is 0 Å². The lowest BCUT2D eigenvalue weighted by atomic mass is 9.96. The molecule has 0 radical (unpaired) electrons. The lowest BCUT2D eigenvalue weighted by Gasteiger charge is -2.32. The molecule has 0 saturated carbocycles. The van der Waals surface area contributed by atoms with E-state index in [2.05, 4.69) is 4.98 Å². The Balaban J connectivity index is 2.03. The molecule has 8 heteroatoms. The Bertz CT molecular complexity index is 801. The molecule has 4 nitrogen and oxygen atoms in total. The van der Waals surface area contributed by atoms with E-state index >= 15 is 0 Å². The molecular weight excluding hydrogens is 351 g/mol. The molecule has 0 amide bonds. The van der Waals surface area contributed by atoms with Crippen LogP contribution >= 0.6 is 11.3 Å². The predicted molar refractivity (Wildman–Crippen MR) is 88.7 cm³/mol. The van der Waals surface area contributed by atoms with Crippen LogP contribution in [0.2, 0.25) is 0 Å². The van der Waals surface area contributed by atoms with Gasteiger partial charge in [-0.1, -0.05) is 12.1 Å². The zero-order chi connectivity index (χ0) is 18.1. The minimum absolute atomic E-state index is 0.194. The summed E-state index contributed by atoms with van der Waals surface area (Å²) in [5, 5.41) is 19.2. The van der Waals surface area contributed by atoms with E-state index in [0.29, 0.717) is 23.3 Å². The first-order valence-electron chi connectivity index (χ1n) is 7.84. The van der Waals surface area contributed by atoms with Gasteiger partial charge < -0.3 is 10.0 Å². The van der Waals surface area contributed by atoms with Crippen molar-refractivity contribution in [2.75, 3.05) is 13.1 Å². The molecule has 1 aromatic carbocycles. The highest BCUT2D eigenvalue weighted by Crippen LogP contribution is 2.46. The van der Waals surface area contributed by atoms with E-state index in [4.69, 9.17) is 5.26 Å². The average molecular weight is 367 g/mol. The number of aliphatic hydroxyl groups is 1. The van der Waals surface area contributed by atoms with Crippen LogP contribution in [0.5, 0.6) is 0 Å². The fourth-order valence-corrected chi connectivity index (χ4v) is 4.02. The summed E-state index contributed by atoms with van der Waals surface area (Å²) in [5.74, 6) is 0. The highest BCUT2D eigenvalue weighted by Gasteiger charge is 2.57. The van der Waals surface area contributed by atoms with Gasteiger partial charge in [0.05, 0.1) is 16.3 Å². The third kappa shape index (κ3) is 3.34.